The van der Waals surface area contributed by atoms with Crippen molar-refractivity contribution in [2.75, 3.05) is 6.54 Å². The minimum atomic E-state index is -0.818. The molecule has 100 valence electrons. The van der Waals surface area contributed by atoms with Crippen molar-refractivity contribution < 1.29 is 8.78 Å². The maximum atomic E-state index is 13.4. The summed E-state index contributed by atoms with van der Waals surface area (Å²) in [6.07, 6.45) is 0. The van der Waals surface area contributed by atoms with Gasteiger partial charge in [0.15, 0.2) is 11.6 Å². The molecule has 0 radical (unpaired) electrons. The van der Waals surface area contributed by atoms with Crippen LogP contribution in [0.2, 0.25) is 0 Å². The van der Waals surface area contributed by atoms with Crippen molar-refractivity contribution in [3.8, 4) is 0 Å². The van der Waals surface area contributed by atoms with Crippen LogP contribution >= 0.6 is 22.6 Å². The average Bonchev–Trinajstić information content (AvgIpc) is 2.41. The smallest absolute Gasteiger partial charge is 0.159 e. The molecule has 0 spiro atoms. The van der Waals surface area contributed by atoms with Crippen LogP contribution in [0.4, 0.5) is 8.78 Å². The molecule has 0 fully saturated rings. The van der Waals surface area contributed by atoms with Gasteiger partial charge in [0.1, 0.15) is 0 Å². The Balaban J connectivity index is 2.38. The van der Waals surface area contributed by atoms with Crippen LogP contribution in [0.15, 0.2) is 42.5 Å². The quantitative estimate of drug-likeness (QED) is 0.790. The summed E-state index contributed by atoms with van der Waals surface area (Å²) in [5.74, 6) is -1.63. The number of rotatable bonds is 4. The predicted octanol–water partition coefficient (Wildman–Crippen LogP) is 4.27. The summed E-state index contributed by atoms with van der Waals surface area (Å²) < 4.78 is 27.5. The van der Waals surface area contributed by atoms with Crippen molar-refractivity contribution in [3.63, 3.8) is 0 Å². The standard InChI is InChI=1S/C15H14F2IN/c1-2-19-15(10-3-6-12(18)7-4-10)11-5-8-13(16)14(17)9-11/h3-9,15,19H,2H2,1H3. The van der Waals surface area contributed by atoms with E-state index in [2.05, 4.69) is 27.9 Å². The fourth-order valence-corrected chi connectivity index (χ4v) is 2.34. The molecule has 0 saturated heterocycles. The number of halogens is 3. The van der Waals surface area contributed by atoms with Gasteiger partial charge in [-0.25, -0.2) is 8.78 Å². The van der Waals surface area contributed by atoms with E-state index in [0.717, 1.165) is 21.2 Å². The fourth-order valence-electron chi connectivity index (χ4n) is 1.98. The minimum Gasteiger partial charge on any atom is -0.307 e. The van der Waals surface area contributed by atoms with E-state index in [1.807, 2.05) is 31.2 Å². The van der Waals surface area contributed by atoms with Crippen molar-refractivity contribution in [1.29, 1.82) is 0 Å². The lowest BCUT2D eigenvalue weighted by molar-refractivity contribution is 0.504. The molecule has 1 nitrogen and oxygen atoms in total. The first kappa shape index (κ1) is 14.4. The van der Waals surface area contributed by atoms with Crippen LogP contribution in [0, 0.1) is 15.2 Å². The van der Waals surface area contributed by atoms with Gasteiger partial charge in [0.25, 0.3) is 0 Å². The maximum Gasteiger partial charge on any atom is 0.159 e. The van der Waals surface area contributed by atoms with Crippen molar-refractivity contribution in [1.82, 2.24) is 5.32 Å². The third kappa shape index (κ3) is 3.51. The lowest BCUT2D eigenvalue weighted by atomic mass is 9.98. The Hall–Kier alpha value is -1.01. The first-order valence-electron chi connectivity index (χ1n) is 6.05. The van der Waals surface area contributed by atoms with E-state index in [1.54, 1.807) is 6.07 Å². The van der Waals surface area contributed by atoms with E-state index in [9.17, 15) is 8.78 Å². The number of hydrogen-bond donors (Lipinski definition) is 1. The molecular formula is C15H14F2IN. The van der Waals surface area contributed by atoms with Gasteiger partial charge in [0.05, 0.1) is 6.04 Å². The Bertz CT molecular complexity index is 555. The predicted molar refractivity (Wildman–Crippen MR) is 81.0 cm³/mol. The molecular weight excluding hydrogens is 359 g/mol. The summed E-state index contributed by atoms with van der Waals surface area (Å²) in [6, 6.07) is 11.9. The van der Waals surface area contributed by atoms with Crippen LogP contribution in [0.3, 0.4) is 0 Å². The maximum absolute atomic E-state index is 13.4. The summed E-state index contributed by atoms with van der Waals surface area (Å²) in [6.45, 7) is 2.73. The molecule has 0 aliphatic rings. The molecule has 2 rings (SSSR count). The molecule has 2 aromatic rings. The highest BCUT2D eigenvalue weighted by molar-refractivity contribution is 14.1. The largest absolute Gasteiger partial charge is 0.307 e. The monoisotopic (exact) mass is 373 g/mol. The third-order valence-electron chi connectivity index (χ3n) is 2.89. The average molecular weight is 373 g/mol. The minimum absolute atomic E-state index is 0.128. The van der Waals surface area contributed by atoms with Crippen molar-refractivity contribution in [2.45, 2.75) is 13.0 Å². The number of benzene rings is 2. The van der Waals surface area contributed by atoms with E-state index in [-0.39, 0.29) is 6.04 Å². The lowest BCUT2D eigenvalue weighted by Crippen LogP contribution is -2.22. The topological polar surface area (TPSA) is 12.0 Å². The molecule has 0 heterocycles. The van der Waals surface area contributed by atoms with E-state index >= 15 is 0 Å². The molecule has 0 aliphatic carbocycles. The van der Waals surface area contributed by atoms with E-state index in [1.165, 1.54) is 12.1 Å². The van der Waals surface area contributed by atoms with Gasteiger partial charge in [-0.2, -0.15) is 0 Å². The van der Waals surface area contributed by atoms with E-state index in [0.29, 0.717) is 0 Å². The first-order valence-corrected chi connectivity index (χ1v) is 7.13. The molecule has 1 atom stereocenters. The molecule has 0 aliphatic heterocycles. The Morgan fingerprint density at radius 1 is 1.00 bits per heavy atom. The molecule has 0 bridgehead atoms. The van der Waals surface area contributed by atoms with Gasteiger partial charge in [-0.1, -0.05) is 25.1 Å². The molecule has 4 heteroatoms. The molecule has 2 aromatic carbocycles. The normalized spacial score (nSPS) is 12.4. The summed E-state index contributed by atoms with van der Waals surface area (Å²) in [5.41, 5.74) is 1.76. The van der Waals surface area contributed by atoms with Crippen LogP contribution in [-0.4, -0.2) is 6.54 Å². The van der Waals surface area contributed by atoms with Gasteiger partial charge < -0.3 is 5.32 Å². The van der Waals surface area contributed by atoms with Gasteiger partial charge in [-0.05, 0) is 64.5 Å². The lowest BCUT2D eigenvalue weighted by Gasteiger charge is -2.19. The van der Waals surface area contributed by atoms with Crippen molar-refractivity contribution in [3.05, 3.63) is 68.8 Å². The summed E-state index contributed by atoms with van der Waals surface area (Å²) in [7, 11) is 0. The van der Waals surface area contributed by atoms with E-state index < -0.39 is 11.6 Å². The van der Waals surface area contributed by atoms with Crippen molar-refractivity contribution in [2.24, 2.45) is 0 Å². The zero-order valence-corrected chi connectivity index (χ0v) is 12.6. The SMILES string of the molecule is CCNC(c1ccc(I)cc1)c1ccc(F)c(F)c1. The second-order valence-electron chi connectivity index (χ2n) is 4.22. The van der Waals surface area contributed by atoms with E-state index in [4.69, 9.17) is 0 Å². The second-order valence-corrected chi connectivity index (χ2v) is 5.46. The third-order valence-corrected chi connectivity index (χ3v) is 3.61. The van der Waals surface area contributed by atoms with Crippen LogP contribution < -0.4 is 5.32 Å². The Morgan fingerprint density at radius 3 is 2.21 bits per heavy atom. The Morgan fingerprint density at radius 2 is 1.63 bits per heavy atom. The molecule has 1 unspecified atom stereocenters. The Kier molecular flexibility index (Phi) is 4.87. The second kappa shape index (κ2) is 6.43. The van der Waals surface area contributed by atoms with Gasteiger partial charge in [-0.3, -0.25) is 0 Å². The van der Waals surface area contributed by atoms with Crippen LogP contribution in [0.25, 0.3) is 0 Å². The molecule has 1 N–H and O–H groups in total. The number of hydrogen-bond acceptors (Lipinski definition) is 1. The molecule has 0 saturated carbocycles. The first-order chi connectivity index (χ1) is 9.11. The highest BCUT2D eigenvalue weighted by Crippen LogP contribution is 2.24. The van der Waals surface area contributed by atoms with Crippen LogP contribution in [0.1, 0.15) is 24.1 Å². The summed E-state index contributed by atoms with van der Waals surface area (Å²) in [5, 5.41) is 3.29. The van der Waals surface area contributed by atoms with Crippen LogP contribution in [0.5, 0.6) is 0 Å². The number of nitrogens with one attached hydrogen (secondary N) is 1. The highest BCUT2D eigenvalue weighted by Gasteiger charge is 2.14. The molecule has 19 heavy (non-hydrogen) atoms. The van der Waals surface area contributed by atoms with Gasteiger partial charge >= 0.3 is 0 Å². The van der Waals surface area contributed by atoms with Crippen molar-refractivity contribution >= 4 is 22.6 Å². The molecule has 0 aromatic heterocycles. The zero-order valence-electron chi connectivity index (χ0n) is 10.5. The highest BCUT2D eigenvalue weighted by atomic mass is 127. The van der Waals surface area contributed by atoms with Gasteiger partial charge in [0, 0.05) is 3.57 Å². The van der Waals surface area contributed by atoms with Crippen LogP contribution in [-0.2, 0) is 0 Å². The summed E-state index contributed by atoms with van der Waals surface area (Å²) >= 11 is 2.24. The van der Waals surface area contributed by atoms with Gasteiger partial charge in [0.2, 0.25) is 0 Å². The molecule has 0 amide bonds. The Labute approximate surface area is 125 Å². The van der Waals surface area contributed by atoms with Gasteiger partial charge in [-0.15, -0.1) is 0 Å². The summed E-state index contributed by atoms with van der Waals surface area (Å²) in [4.78, 5) is 0. The fraction of sp³-hybridized carbons (Fsp3) is 0.200. The zero-order chi connectivity index (χ0) is 13.8.